The molecule has 1 radical (unpaired) electrons. The van der Waals surface area contributed by atoms with Crippen LogP contribution in [-0.4, -0.2) is 0 Å². The molecule has 0 unspecified atom stereocenters. The maximum atomic E-state index is 4.19. The minimum absolute atomic E-state index is 0. The van der Waals surface area contributed by atoms with Crippen molar-refractivity contribution in [3.63, 3.8) is 0 Å². The number of hydrogen-bond donors (Lipinski definition) is 0. The van der Waals surface area contributed by atoms with Gasteiger partial charge in [-0.05, 0) is 0 Å². The first-order valence-electron chi connectivity index (χ1n) is 0.309. The third kappa shape index (κ3) is 8.90. The second kappa shape index (κ2) is 8.94. The van der Waals surface area contributed by atoms with Gasteiger partial charge in [-0.3, -0.25) is 0 Å². The molecule has 0 fully saturated rings. The quantitative estimate of drug-likeness (QED) is 0.471. The molecule has 0 N–H and O–H groups in total. The molecule has 0 aromatic rings. The van der Waals surface area contributed by atoms with Crippen molar-refractivity contribution < 1.29 is 23.8 Å². The molecule has 4 heteroatoms. The van der Waals surface area contributed by atoms with Crippen LogP contribution in [0.4, 0.5) is 0 Å². The predicted octanol–water partition coefficient (Wildman–Crippen LogP) is 1.70. The Morgan fingerprint density at radius 2 is 1.25 bits per heavy atom. The van der Waals surface area contributed by atoms with Crippen LogP contribution in [0.3, 0.4) is 0 Å². The molecule has 0 aliphatic heterocycles. The van der Waals surface area contributed by atoms with Gasteiger partial charge in [0.25, 0.3) is 0 Å². The number of rotatable bonds is 0. The van der Waals surface area contributed by atoms with Crippen molar-refractivity contribution in [1.29, 1.82) is 0 Å². The van der Waals surface area contributed by atoms with Gasteiger partial charge in [0, 0.05) is 22.4 Å². The summed E-state index contributed by atoms with van der Waals surface area (Å²) in [6.45, 7) is 0. The van der Waals surface area contributed by atoms with Crippen LogP contribution in [0.5, 0.6) is 0 Å². The van der Waals surface area contributed by atoms with Crippen LogP contribution in [-0.2, 0) is 23.8 Å². The molecule has 0 aromatic heterocycles. The molecular formula is I2NbO. The van der Waals surface area contributed by atoms with E-state index in [1.54, 1.807) is 46.0 Å². The van der Waals surface area contributed by atoms with Gasteiger partial charge < -0.3 is 0 Å². The van der Waals surface area contributed by atoms with Crippen molar-refractivity contribution in [3.05, 3.63) is 0 Å². The van der Waals surface area contributed by atoms with Crippen LogP contribution in [0.25, 0.3) is 0 Å². The Morgan fingerprint density at radius 3 is 1.25 bits per heavy atom. The van der Waals surface area contributed by atoms with Crippen molar-refractivity contribution in [2.75, 3.05) is 0 Å². The van der Waals surface area contributed by atoms with Crippen molar-refractivity contribution in [1.82, 2.24) is 0 Å². The van der Waals surface area contributed by atoms with E-state index in [4.69, 9.17) is 0 Å². The third-order valence-corrected chi connectivity index (χ3v) is 0. The van der Waals surface area contributed by atoms with Gasteiger partial charge in [-0.15, -0.1) is 0 Å². The van der Waals surface area contributed by atoms with Gasteiger partial charge in [0.1, 0.15) is 46.0 Å². The molecule has 4 heavy (non-hydrogen) atoms. The predicted molar refractivity (Wildman–Crippen MR) is 29.1 cm³/mol. The van der Waals surface area contributed by atoms with Crippen molar-refractivity contribution in [3.8, 4) is 0 Å². The topological polar surface area (TPSA) is 9.23 Å². The molecule has 0 spiro atoms. The van der Waals surface area contributed by atoms with E-state index in [-0.39, 0.29) is 22.4 Å². The summed E-state index contributed by atoms with van der Waals surface area (Å²) in [6.07, 6.45) is 0. The van der Waals surface area contributed by atoms with E-state index in [1.807, 2.05) is 0 Å². The summed E-state index contributed by atoms with van der Waals surface area (Å²) < 4.78 is 4.19. The van der Waals surface area contributed by atoms with Gasteiger partial charge in [0.15, 0.2) is 0 Å². The number of hydrogen-bond acceptors (Lipinski definition) is 1. The van der Waals surface area contributed by atoms with Gasteiger partial charge in [-0.2, -0.15) is 0 Å². The monoisotopic (exact) mass is 363 g/mol. The first kappa shape index (κ1) is 9.48. The Balaban J connectivity index is 0. The van der Waals surface area contributed by atoms with E-state index in [1.165, 1.54) is 0 Å². The van der Waals surface area contributed by atoms with E-state index < -0.39 is 0 Å². The van der Waals surface area contributed by atoms with E-state index in [9.17, 15) is 0 Å². The normalized spacial score (nSPS) is 4.50. The molecular weight excluding hydrogens is 363 g/mol. The molecule has 0 aromatic carbocycles. The Labute approximate surface area is 68.7 Å². The Hall–Kier alpha value is 2.16. The molecule has 0 amide bonds. The maximum Gasteiger partial charge on any atom is 0.124 e. The second-order valence-electron chi connectivity index (χ2n) is 0.0583. The Morgan fingerprint density at radius 1 is 1.25 bits per heavy atom. The Bertz CT molecular complexity index is 6.00. The molecule has 0 aliphatic rings. The largest absolute Gasteiger partial charge is 0.247 e. The van der Waals surface area contributed by atoms with E-state index >= 15 is 0 Å². The maximum absolute atomic E-state index is 4.19. The Kier molecular flexibility index (Phi) is 21.2. The summed E-state index contributed by atoms with van der Waals surface area (Å²) in [5.41, 5.74) is 0. The van der Waals surface area contributed by atoms with Gasteiger partial charge in [-0.25, -0.2) is 1.40 Å². The summed E-state index contributed by atoms with van der Waals surface area (Å²) in [5.74, 6) is 0. The summed E-state index contributed by atoms with van der Waals surface area (Å²) >= 11 is 3.55. The summed E-state index contributed by atoms with van der Waals surface area (Å²) in [4.78, 5) is 0. The zero-order valence-electron chi connectivity index (χ0n) is 1.61. The SMILES string of the molecule is IOI.[Nb]. The van der Waals surface area contributed by atoms with Crippen LogP contribution >= 0.6 is 46.0 Å². The molecule has 25 valence electrons. The van der Waals surface area contributed by atoms with Crippen molar-refractivity contribution in [2.45, 2.75) is 0 Å². The van der Waals surface area contributed by atoms with Gasteiger partial charge in [0.05, 0.1) is 0 Å². The zero-order chi connectivity index (χ0) is 2.71. The second-order valence-corrected chi connectivity index (χ2v) is 2.62. The standard InChI is InChI=1S/I2O.Nb/c1-3-2;. The number of halogens is 2. The molecule has 0 bridgehead atoms. The average molecular weight is 363 g/mol. The molecule has 0 heterocycles. The molecule has 0 aliphatic carbocycles. The first-order chi connectivity index (χ1) is 1.41. The summed E-state index contributed by atoms with van der Waals surface area (Å²) in [6, 6.07) is 0. The third-order valence-electron chi connectivity index (χ3n) is 0. The molecule has 0 rings (SSSR count). The molecule has 0 saturated carbocycles. The fourth-order valence-electron chi connectivity index (χ4n) is 0. The first-order valence-corrected chi connectivity index (χ1v) is 2.07. The van der Waals surface area contributed by atoms with Crippen molar-refractivity contribution >= 4 is 46.0 Å². The fraction of sp³-hybridized carbons (Fsp3) is 0. The van der Waals surface area contributed by atoms with Gasteiger partial charge in [0.2, 0.25) is 0 Å². The smallest absolute Gasteiger partial charge is 0.124 e. The zero-order valence-corrected chi connectivity index (χ0v) is 8.12. The van der Waals surface area contributed by atoms with Gasteiger partial charge >= 0.3 is 0 Å². The molecule has 0 saturated heterocycles. The molecule has 0 atom stereocenters. The van der Waals surface area contributed by atoms with Crippen LogP contribution < -0.4 is 0 Å². The van der Waals surface area contributed by atoms with Crippen LogP contribution in [0.15, 0.2) is 0 Å². The fourth-order valence-corrected chi connectivity index (χ4v) is 0. The van der Waals surface area contributed by atoms with Gasteiger partial charge in [-0.1, -0.05) is 0 Å². The molecule has 1 nitrogen and oxygen atoms in total. The van der Waals surface area contributed by atoms with Crippen LogP contribution in [0.2, 0.25) is 0 Å². The minimum atomic E-state index is 0. The van der Waals surface area contributed by atoms with E-state index in [0.29, 0.717) is 0 Å². The summed E-state index contributed by atoms with van der Waals surface area (Å²) in [5, 5.41) is 0. The summed E-state index contributed by atoms with van der Waals surface area (Å²) in [7, 11) is 0. The van der Waals surface area contributed by atoms with Crippen LogP contribution in [0, 0.1) is 0 Å². The minimum Gasteiger partial charge on any atom is -0.247 e. The van der Waals surface area contributed by atoms with E-state index in [0.717, 1.165) is 0 Å². The van der Waals surface area contributed by atoms with Crippen molar-refractivity contribution in [2.24, 2.45) is 0 Å². The van der Waals surface area contributed by atoms with Crippen LogP contribution in [0.1, 0.15) is 0 Å². The average Bonchev–Trinajstić information content (AvgIpc) is 0.918. The van der Waals surface area contributed by atoms with E-state index in [2.05, 4.69) is 1.40 Å².